The Bertz CT molecular complexity index is 294. The van der Waals surface area contributed by atoms with Crippen LogP contribution in [0.1, 0.15) is 0 Å². The summed E-state index contributed by atoms with van der Waals surface area (Å²) < 4.78 is 0. The van der Waals surface area contributed by atoms with Crippen LogP contribution in [-0.2, 0) is 9.59 Å². The zero-order valence-electron chi connectivity index (χ0n) is 6.07. The lowest BCUT2D eigenvalue weighted by Crippen LogP contribution is -2.21. The molecule has 1 aromatic carbocycles. The van der Waals surface area contributed by atoms with E-state index in [1.807, 2.05) is 0 Å². The van der Waals surface area contributed by atoms with Gasteiger partial charge in [0.05, 0.1) is 0 Å². The Kier molecular flexibility index (Phi) is 2.42. The van der Waals surface area contributed by atoms with Gasteiger partial charge in [-0.1, -0.05) is 12.1 Å². The number of carboxylic acids is 1. The van der Waals surface area contributed by atoms with E-state index in [2.05, 4.69) is 11.4 Å². The van der Waals surface area contributed by atoms with Crippen LogP contribution in [0.3, 0.4) is 0 Å². The second kappa shape index (κ2) is 3.52. The molecule has 2 N–H and O–H groups in total. The molecule has 4 heteroatoms. The molecule has 1 rings (SSSR count). The summed E-state index contributed by atoms with van der Waals surface area (Å²) in [5.74, 6) is -2.54. The van der Waals surface area contributed by atoms with E-state index in [0.717, 1.165) is 0 Å². The second-order valence-electron chi connectivity index (χ2n) is 2.05. The third-order valence-corrected chi connectivity index (χ3v) is 1.17. The van der Waals surface area contributed by atoms with Crippen molar-refractivity contribution in [3.8, 4) is 0 Å². The standard InChI is InChI=1S/C8H6NO3/c10-7(8(11)12)9-6-4-2-1-3-5-6/h2-5H,(H,9,10)(H,11,12). The molecule has 61 valence electrons. The number of nitrogens with one attached hydrogen (secondary N) is 1. The van der Waals surface area contributed by atoms with Gasteiger partial charge in [0.1, 0.15) is 0 Å². The first kappa shape index (κ1) is 8.26. The van der Waals surface area contributed by atoms with Crippen molar-refractivity contribution in [2.24, 2.45) is 0 Å². The first-order valence-electron chi connectivity index (χ1n) is 3.20. The number of carbonyl (C=O) groups excluding carboxylic acids is 1. The predicted octanol–water partition coefficient (Wildman–Crippen LogP) is 0.510. The van der Waals surface area contributed by atoms with Gasteiger partial charge < -0.3 is 10.4 Å². The van der Waals surface area contributed by atoms with Crippen LogP contribution in [0.5, 0.6) is 0 Å². The van der Waals surface area contributed by atoms with Crippen molar-refractivity contribution in [2.45, 2.75) is 0 Å². The summed E-state index contributed by atoms with van der Waals surface area (Å²) in [6.45, 7) is 0. The molecule has 0 aliphatic carbocycles. The van der Waals surface area contributed by atoms with Crippen molar-refractivity contribution in [3.63, 3.8) is 0 Å². The maximum atomic E-state index is 10.6. The van der Waals surface area contributed by atoms with E-state index < -0.39 is 11.9 Å². The highest BCUT2D eigenvalue weighted by atomic mass is 16.4. The fourth-order valence-corrected chi connectivity index (χ4v) is 0.655. The maximum absolute atomic E-state index is 10.6. The van der Waals surface area contributed by atoms with E-state index in [9.17, 15) is 9.59 Å². The van der Waals surface area contributed by atoms with Crippen molar-refractivity contribution < 1.29 is 14.7 Å². The number of hydrogen-bond donors (Lipinski definition) is 2. The average molecular weight is 164 g/mol. The highest BCUT2D eigenvalue weighted by Crippen LogP contribution is 2.03. The zero-order valence-corrected chi connectivity index (χ0v) is 6.07. The van der Waals surface area contributed by atoms with Gasteiger partial charge in [0.2, 0.25) is 0 Å². The number of carboxylic acid groups (broad SMARTS) is 1. The molecular formula is C8H6NO3. The quantitative estimate of drug-likeness (QED) is 0.594. The highest BCUT2D eigenvalue weighted by Gasteiger charge is 2.09. The van der Waals surface area contributed by atoms with Crippen LogP contribution in [0.15, 0.2) is 24.3 Å². The Morgan fingerprint density at radius 3 is 2.42 bits per heavy atom. The first-order valence-corrected chi connectivity index (χ1v) is 3.20. The minimum absolute atomic E-state index is 0.446. The van der Waals surface area contributed by atoms with Crippen molar-refractivity contribution in [1.29, 1.82) is 0 Å². The Hall–Kier alpha value is -1.84. The van der Waals surface area contributed by atoms with Gasteiger partial charge in [-0.2, -0.15) is 0 Å². The molecule has 0 heterocycles. The van der Waals surface area contributed by atoms with E-state index in [0.29, 0.717) is 5.69 Å². The van der Waals surface area contributed by atoms with Crippen LogP contribution in [0.2, 0.25) is 0 Å². The van der Waals surface area contributed by atoms with E-state index >= 15 is 0 Å². The fourth-order valence-electron chi connectivity index (χ4n) is 0.655. The maximum Gasteiger partial charge on any atom is 0.394 e. The summed E-state index contributed by atoms with van der Waals surface area (Å²) in [5, 5.41) is 10.4. The number of carbonyl (C=O) groups is 2. The molecule has 0 saturated carbocycles. The van der Waals surface area contributed by atoms with E-state index in [4.69, 9.17) is 5.11 Å². The number of aliphatic carboxylic acids is 1. The molecule has 0 saturated heterocycles. The summed E-state index contributed by atoms with van der Waals surface area (Å²) in [6.07, 6.45) is 0. The van der Waals surface area contributed by atoms with Crippen LogP contribution in [0.25, 0.3) is 0 Å². The van der Waals surface area contributed by atoms with E-state index in [-0.39, 0.29) is 0 Å². The monoisotopic (exact) mass is 164 g/mol. The van der Waals surface area contributed by atoms with Gasteiger partial charge in [0.15, 0.2) is 0 Å². The Morgan fingerprint density at radius 1 is 1.33 bits per heavy atom. The summed E-state index contributed by atoms with van der Waals surface area (Å²) in [7, 11) is 0. The smallest absolute Gasteiger partial charge is 0.394 e. The molecule has 1 radical (unpaired) electrons. The molecule has 4 nitrogen and oxygen atoms in total. The molecule has 12 heavy (non-hydrogen) atoms. The SMILES string of the molecule is O=C(O)C(=O)Nc1cc[c]cc1. The van der Waals surface area contributed by atoms with E-state index in [1.165, 1.54) is 0 Å². The van der Waals surface area contributed by atoms with Crippen LogP contribution in [-0.4, -0.2) is 17.0 Å². The first-order chi connectivity index (χ1) is 5.70. The highest BCUT2D eigenvalue weighted by molar-refractivity contribution is 6.36. The lowest BCUT2D eigenvalue weighted by Gasteiger charge is -1.99. The molecule has 0 aliphatic rings. The zero-order chi connectivity index (χ0) is 8.97. The summed E-state index contributed by atoms with van der Waals surface area (Å²) >= 11 is 0. The second-order valence-corrected chi connectivity index (χ2v) is 2.05. The van der Waals surface area contributed by atoms with Crippen LogP contribution in [0.4, 0.5) is 5.69 Å². The normalized spacial score (nSPS) is 9.00. The lowest BCUT2D eigenvalue weighted by molar-refractivity contribution is -0.147. The Morgan fingerprint density at radius 2 is 1.92 bits per heavy atom. The van der Waals surface area contributed by atoms with Gasteiger partial charge in [0, 0.05) is 5.69 Å². The minimum atomic E-state index is -1.50. The van der Waals surface area contributed by atoms with Gasteiger partial charge in [-0.05, 0) is 18.2 Å². The molecule has 1 amide bonds. The summed E-state index contributed by atoms with van der Waals surface area (Å²) in [5.41, 5.74) is 0.446. The number of anilines is 1. The van der Waals surface area contributed by atoms with Gasteiger partial charge >= 0.3 is 11.9 Å². The Labute approximate surface area is 68.8 Å². The van der Waals surface area contributed by atoms with Crippen molar-refractivity contribution in [2.75, 3.05) is 5.32 Å². The molecular weight excluding hydrogens is 158 g/mol. The fraction of sp³-hybridized carbons (Fsp3) is 0. The third kappa shape index (κ3) is 2.09. The number of benzene rings is 1. The number of rotatable bonds is 1. The molecule has 0 spiro atoms. The lowest BCUT2D eigenvalue weighted by atomic mass is 10.3. The summed E-state index contributed by atoms with van der Waals surface area (Å²) in [6, 6.07) is 9.01. The molecule has 0 fully saturated rings. The molecule has 1 aromatic rings. The topological polar surface area (TPSA) is 66.4 Å². The Balaban J connectivity index is 2.65. The van der Waals surface area contributed by atoms with Gasteiger partial charge in [-0.15, -0.1) is 0 Å². The molecule has 0 aromatic heterocycles. The number of amides is 1. The van der Waals surface area contributed by atoms with Crippen LogP contribution < -0.4 is 5.32 Å². The minimum Gasteiger partial charge on any atom is -0.474 e. The van der Waals surface area contributed by atoms with Gasteiger partial charge in [-0.3, -0.25) is 4.79 Å². The van der Waals surface area contributed by atoms with Crippen molar-refractivity contribution >= 4 is 17.6 Å². The van der Waals surface area contributed by atoms with Crippen molar-refractivity contribution in [1.82, 2.24) is 0 Å². The average Bonchev–Trinajstić information content (AvgIpc) is 2.06. The van der Waals surface area contributed by atoms with Gasteiger partial charge in [-0.25, -0.2) is 4.79 Å². The van der Waals surface area contributed by atoms with Gasteiger partial charge in [0.25, 0.3) is 0 Å². The van der Waals surface area contributed by atoms with Crippen LogP contribution in [0, 0.1) is 6.07 Å². The predicted molar refractivity (Wildman–Crippen MR) is 41.5 cm³/mol. The van der Waals surface area contributed by atoms with Crippen molar-refractivity contribution in [3.05, 3.63) is 30.3 Å². The molecule has 0 atom stereocenters. The largest absolute Gasteiger partial charge is 0.474 e. The third-order valence-electron chi connectivity index (χ3n) is 1.17. The van der Waals surface area contributed by atoms with Crippen LogP contribution >= 0.6 is 0 Å². The summed E-state index contributed by atoms with van der Waals surface area (Å²) in [4.78, 5) is 20.7. The molecule has 0 bridgehead atoms. The number of hydrogen-bond acceptors (Lipinski definition) is 2. The molecule has 0 unspecified atom stereocenters. The van der Waals surface area contributed by atoms with E-state index in [1.54, 1.807) is 24.3 Å². The molecule has 0 aliphatic heterocycles.